The van der Waals surface area contributed by atoms with Crippen LogP contribution in [0.4, 0.5) is 0 Å². The van der Waals surface area contributed by atoms with Gasteiger partial charge in [0.2, 0.25) is 0 Å². The van der Waals surface area contributed by atoms with Crippen LogP contribution in [0.25, 0.3) is 0 Å². The number of aliphatic hydroxyl groups is 2. The Balaban J connectivity index is 2.45. The van der Waals surface area contributed by atoms with Crippen LogP contribution in [-0.4, -0.2) is 47.7 Å². The van der Waals surface area contributed by atoms with Crippen molar-refractivity contribution in [2.45, 2.75) is 23.7 Å². The maximum absolute atomic E-state index is 9.26. The first-order valence-electron chi connectivity index (χ1n) is 3.35. The average Bonchev–Trinajstić information content (AvgIpc) is 2.19. The zero-order valence-electron chi connectivity index (χ0n) is 6.17. The number of ether oxygens (including phenoxy) is 2. The molecule has 4 unspecified atom stereocenters. The van der Waals surface area contributed by atoms with Crippen LogP contribution < -0.4 is 0 Å². The van der Waals surface area contributed by atoms with Gasteiger partial charge in [-0.3, -0.25) is 0 Å². The second-order valence-corrected chi connectivity index (χ2v) is 3.01. The molecule has 0 aromatic heterocycles. The first kappa shape index (κ1) is 9.28. The zero-order valence-corrected chi connectivity index (χ0v) is 7.07. The molecule has 1 fully saturated rings. The molecule has 11 heavy (non-hydrogen) atoms. The Kier molecular flexibility index (Phi) is 3.15. The minimum Gasteiger partial charge on any atom is -0.387 e. The quantitative estimate of drug-likeness (QED) is 0.478. The van der Waals surface area contributed by atoms with Gasteiger partial charge in [0.25, 0.3) is 0 Å². The summed E-state index contributed by atoms with van der Waals surface area (Å²) in [5.74, 6) is 0. The summed E-state index contributed by atoms with van der Waals surface area (Å²) in [7, 11) is 1.51. The molecule has 1 aliphatic heterocycles. The summed E-state index contributed by atoms with van der Waals surface area (Å²) in [5, 5.41) is 18.4. The fraction of sp³-hybridized carbons (Fsp3) is 1.00. The fourth-order valence-corrected chi connectivity index (χ4v) is 1.36. The van der Waals surface area contributed by atoms with Gasteiger partial charge in [-0.15, -0.1) is 12.6 Å². The molecule has 0 amide bonds. The van der Waals surface area contributed by atoms with E-state index < -0.39 is 23.7 Å². The van der Waals surface area contributed by atoms with Gasteiger partial charge < -0.3 is 19.7 Å². The molecule has 1 heterocycles. The van der Waals surface area contributed by atoms with Crippen molar-refractivity contribution in [3.63, 3.8) is 0 Å². The van der Waals surface area contributed by atoms with Crippen molar-refractivity contribution in [2.75, 3.05) is 13.7 Å². The molecule has 1 rings (SSSR count). The summed E-state index contributed by atoms with van der Waals surface area (Å²) < 4.78 is 9.83. The summed E-state index contributed by atoms with van der Waals surface area (Å²) in [6.07, 6.45) is -2.27. The molecule has 2 N–H and O–H groups in total. The van der Waals surface area contributed by atoms with Gasteiger partial charge in [-0.05, 0) is 0 Å². The number of thiol groups is 1. The monoisotopic (exact) mass is 180 g/mol. The van der Waals surface area contributed by atoms with Crippen LogP contribution in [0.3, 0.4) is 0 Å². The smallest absolute Gasteiger partial charge is 0.129 e. The molecule has 0 spiro atoms. The van der Waals surface area contributed by atoms with E-state index in [0.29, 0.717) is 0 Å². The van der Waals surface area contributed by atoms with Crippen LogP contribution >= 0.6 is 12.6 Å². The highest BCUT2D eigenvalue weighted by atomic mass is 32.1. The number of aliphatic hydroxyl groups excluding tert-OH is 2. The molecule has 66 valence electrons. The van der Waals surface area contributed by atoms with Crippen molar-refractivity contribution in [2.24, 2.45) is 0 Å². The van der Waals surface area contributed by atoms with Crippen molar-refractivity contribution in [1.82, 2.24) is 0 Å². The van der Waals surface area contributed by atoms with E-state index in [-0.39, 0.29) is 6.61 Å². The molecule has 5 heteroatoms. The van der Waals surface area contributed by atoms with Gasteiger partial charge in [-0.2, -0.15) is 0 Å². The second kappa shape index (κ2) is 3.73. The Morgan fingerprint density at radius 1 is 1.45 bits per heavy atom. The highest BCUT2D eigenvalue weighted by molar-refractivity contribution is 7.80. The average molecular weight is 180 g/mol. The topological polar surface area (TPSA) is 58.9 Å². The second-order valence-electron chi connectivity index (χ2n) is 2.50. The minimum absolute atomic E-state index is 0.273. The summed E-state index contributed by atoms with van der Waals surface area (Å²) in [4.78, 5) is 0. The normalized spacial score (nSPS) is 44.7. The Morgan fingerprint density at radius 3 is 2.45 bits per heavy atom. The van der Waals surface area contributed by atoms with Crippen molar-refractivity contribution in [1.29, 1.82) is 0 Å². The van der Waals surface area contributed by atoms with E-state index in [2.05, 4.69) is 12.6 Å². The molecule has 1 aliphatic rings. The largest absolute Gasteiger partial charge is 0.387 e. The van der Waals surface area contributed by atoms with Crippen molar-refractivity contribution in [3.05, 3.63) is 0 Å². The summed E-state index contributed by atoms with van der Waals surface area (Å²) in [6.45, 7) is 0.273. The molecular formula is C6H12O4S. The maximum Gasteiger partial charge on any atom is 0.129 e. The standard InChI is InChI=1S/C6H12O4S/c1-9-2-3-4(7)5(8)6(11)10-3/h3-8,11H,2H2,1H3. The Hall–Kier alpha value is 0.190. The van der Waals surface area contributed by atoms with Crippen LogP contribution in [0.15, 0.2) is 0 Å². The third-order valence-corrected chi connectivity index (χ3v) is 2.10. The predicted molar refractivity (Wildman–Crippen MR) is 41.5 cm³/mol. The molecule has 4 nitrogen and oxygen atoms in total. The molecule has 0 radical (unpaired) electrons. The van der Waals surface area contributed by atoms with Gasteiger partial charge in [0, 0.05) is 7.11 Å². The van der Waals surface area contributed by atoms with Crippen LogP contribution in [0.2, 0.25) is 0 Å². The van der Waals surface area contributed by atoms with E-state index in [1.54, 1.807) is 0 Å². The van der Waals surface area contributed by atoms with E-state index in [4.69, 9.17) is 14.6 Å². The molecule has 0 saturated carbocycles. The molecule has 1 saturated heterocycles. The van der Waals surface area contributed by atoms with Gasteiger partial charge in [-0.1, -0.05) is 0 Å². The number of hydrogen-bond acceptors (Lipinski definition) is 5. The van der Waals surface area contributed by atoms with Crippen molar-refractivity contribution < 1.29 is 19.7 Å². The summed E-state index contributed by atoms with van der Waals surface area (Å²) >= 11 is 3.91. The maximum atomic E-state index is 9.26. The lowest BCUT2D eigenvalue weighted by atomic mass is 10.2. The number of methoxy groups -OCH3 is 1. The predicted octanol–water partition coefficient (Wildman–Crippen LogP) is -0.991. The lowest BCUT2D eigenvalue weighted by Crippen LogP contribution is -2.33. The Bertz CT molecular complexity index is 132. The lowest BCUT2D eigenvalue weighted by molar-refractivity contribution is -0.0201. The summed E-state index contributed by atoms with van der Waals surface area (Å²) in [5.41, 5.74) is -0.606. The van der Waals surface area contributed by atoms with E-state index in [0.717, 1.165) is 0 Å². The molecule has 0 aromatic rings. The van der Waals surface area contributed by atoms with Crippen molar-refractivity contribution >= 4 is 12.6 Å². The molecular weight excluding hydrogens is 168 g/mol. The van der Waals surface area contributed by atoms with Crippen LogP contribution in [0.1, 0.15) is 0 Å². The van der Waals surface area contributed by atoms with E-state index in [1.165, 1.54) is 7.11 Å². The first-order chi connectivity index (χ1) is 5.16. The van der Waals surface area contributed by atoms with Crippen LogP contribution in [0.5, 0.6) is 0 Å². The molecule has 4 atom stereocenters. The number of hydrogen-bond donors (Lipinski definition) is 3. The Morgan fingerprint density at radius 2 is 2.09 bits per heavy atom. The number of rotatable bonds is 2. The van der Waals surface area contributed by atoms with Gasteiger partial charge in [0.1, 0.15) is 23.7 Å². The highest BCUT2D eigenvalue weighted by Crippen LogP contribution is 2.23. The third-order valence-electron chi connectivity index (χ3n) is 1.67. The SMILES string of the molecule is COCC1OC(S)C(O)C1O. The van der Waals surface area contributed by atoms with Gasteiger partial charge in [0.15, 0.2) is 0 Å². The van der Waals surface area contributed by atoms with Gasteiger partial charge in [-0.25, -0.2) is 0 Å². The van der Waals surface area contributed by atoms with Gasteiger partial charge >= 0.3 is 0 Å². The van der Waals surface area contributed by atoms with E-state index >= 15 is 0 Å². The third kappa shape index (κ3) is 1.86. The van der Waals surface area contributed by atoms with E-state index in [1.807, 2.05) is 0 Å². The summed E-state index contributed by atoms with van der Waals surface area (Å²) in [6, 6.07) is 0. The minimum atomic E-state index is -0.918. The first-order valence-corrected chi connectivity index (χ1v) is 3.87. The highest BCUT2D eigenvalue weighted by Gasteiger charge is 2.40. The molecule has 0 aliphatic carbocycles. The van der Waals surface area contributed by atoms with Gasteiger partial charge in [0.05, 0.1) is 6.61 Å². The van der Waals surface area contributed by atoms with Crippen molar-refractivity contribution in [3.8, 4) is 0 Å². The fourth-order valence-electron chi connectivity index (χ4n) is 1.03. The molecule has 0 aromatic carbocycles. The van der Waals surface area contributed by atoms with E-state index in [9.17, 15) is 5.11 Å². The lowest BCUT2D eigenvalue weighted by Gasteiger charge is -2.12. The molecule has 0 bridgehead atoms. The zero-order chi connectivity index (χ0) is 8.43. The van der Waals surface area contributed by atoms with Crippen LogP contribution in [-0.2, 0) is 9.47 Å². The van der Waals surface area contributed by atoms with Crippen LogP contribution in [0, 0.1) is 0 Å². The Labute approximate surface area is 70.5 Å².